The molecule has 2 aromatic rings. The third-order valence-electron chi connectivity index (χ3n) is 4.23. The molecule has 0 atom stereocenters. The lowest BCUT2D eigenvalue weighted by molar-refractivity contribution is 0.428. The Labute approximate surface area is 118 Å². The number of halogens is 2. The van der Waals surface area contributed by atoms with E-state index in [0.717, 1.165) is 25.7 Å². The minimum atomic E-state index is -0.478. The van der Waals surface area contributed by atoms with Crippen LogP contribution in [0.25, 0.3) is 11.1 Å². The third kappa shape index (κ3) is 2.47. The van der Waals surface area contributed by atoms with E-state index in [2.05, 4.69) is 0 Å². The zero-order valence-corrected chi connectivity index (χ0v) is 11.4. The molecule has 104 valence electrons. The molecule has 0 bridgehead atoms. The summed E-state index contributed by atoms with van der Waals surface area (Å²) in [4.78, 5) is 0. The lowest BCUT2D eigenvalue weighted by Gasteiger charge is -2.23. The molecule has 2 aromatic carbocycles. The zero-order valence-electron chi connectivity index (χ0n) is 11.4. The topological polar surface area (TPSA) is 0 Å². The summed E-state index contributed by atoms with van der Waals surface area (Å²) in [5, 5.41) is 0. The first-order valence-corrected chi connectivity index (χ1v) is 7.30. The van der Waals surface area contributed by atoms with Gasteiger partial charge in [-0.25, -0.2) is 8.78 Å². The molecule has 0 aromatic heterocycles. The summed E-state index contributed by atoms with van der Waals surface area (Å²) < 4.78 is 28.8. The van der Waals surface area contributed by atoms with E-state index in [9.17, 15) is 8.78 Å². The second-order valence-electron chi connectivity index (χ2n) is 5.53. The summed E-state index contributed by atoms with van der Waals surface area (Å²) in [5.41, 5.74) is 1.42. The lowest BCUT2D eigenvalue weighted by atomic mass is 9.82. The van der Waals surface area contributed by atoms with Gasteiger partial charge in [0.15, 0.2) is 0 Å². The summed E-state index contributed by atoms with van der Waals surface area (Å²) in [6.07, 6.45) is 5.53. The minimum Gasteiger partial charge on any atom is -0.206 e. The maximum absolute atomic E-state index is 14.8. The van der Waals surface area contributed by atoms with Gasteiger partial charge in [0.05, 0.1) is 5.56 Å². The Hall–Kier alpha value is -1.70. The first-order valence-electron chi connectivity index (χ1n) is 7.30. The molecule has 1 aliphatic carbocycles. The van der Waals surface area contributed by atoms with Crippen LogP contribution in [0.4, 0.5) is 8.78 Å². The quantitative estimate of drug-likeness (QED) is 0.659. The van der Waals surface area contributed by atoms with E-state index in [4.69, 9.17) is 0 Å². The van der Waals surface area contributed by atoms with Crippen molar-refractivity contribution in [3.05, 3.63) is 59.7 Å². The molecule has 1 saturated carbocycles. The Kier molecular flexibility index (Phi) is 3.81. The van der Waals surface area contributed by atoms with Crippen molar-refractivity contribution in [2.24, 2.45) is 0 Å². The van der Waals surface area contributed by atoms with Crippen molar-refractivity contribution in [1.29, 1.82) is 0 Å². The summed E-state index contributed by atoms with van der Waals surface area (Å²) in [7, 11) is 0. The third-order valence-corrected chi connectivity index (χ3v) is 4.23. The molecule has 0 unspecified atom stereocenters. The van der Waals surface area contributed by atoms with Gasteiger partial charge in [0.1, 0.15) is 11.6 Å². The second kappa shape index (κ2) is 5.74. The fourth-order valence-electron chi connectivity index (χ4n) is 3.17. The fourth-order valence-corrected chi connectivity index (χ4v) is 3.17. The number of rotatable bonds is 2. The van der Waals surface area contributed by atoms with Crippen LogP contribution in [0.3, 0.4) is 0 Å². The minimum absolute atomic E-state index is 0.119. The molecule has 0 saturated heterocycles. The molecule has 0 nitrogen and oxygen atoms in total. The van der Waals surface area contributed by atoms with Gasteiger partial charge < -0.3 is 0 Å². The van der Waals surface area contributed by atoms with Crippen LogP contribution in [0, 0.1) is 11.6 Å². The lowest BCUT2D eigenvalue weighted by Crippen LogP contribution is -2.08. The van der Waals surface area contributed by atoms with Crippen molar-refractivity contribution in [2.45, 2.75) is 38.0 Å². The average molecular weight is 272 g/mol. The van der Waals surface area contributed by atoms with Crippen molar-refractivity contribution in [2.75, 3.05) is 0 Å². The fraction of sp³-hybridized carbons (Fsp3) is 0.333. The predicted octanol–water partition coefficient (Wildman–Crippen LogP) is 5.68. The molecule has 0 amide bonds. The van der Waals surface area contributed by atoms with Crippen molar-refractivity contribution in [3.8, 4) is 11.1 Å². The molecule has 1 fully saturated rings. The van der Waals surface area contributed by atoms with Crippen LogP contribution in [0.5, 0.6) is 0 Å². The molecule has 3 rings (SSSR count). The van der Waals surface area contributed by atoms with E-state index in [1.807, 2.05) is 18.2 Å². The Morgan fingerprint density at radius 1 is 0.800 bits per heavy atom. The van der Waals surface area contributed by atoms with E-state index >= 15 is 0 Å². The van der Waals surface area contributed by atoms with Crippen LogP contribution in [0.15, 0.2) is 42.5 Å². The van der Waals surface area contributed by atoms with Gasteiger partial charge in [-0.3, -0.25) is 0 Å². The smallest absolute Gasteiger partial charge is 0.137 e. The number of hydrogen-bond acceptors (Lipinski definition) is 0. The molecule has 0 N–H and O–H groups in total. The highest BCUT2D eigenvalue weighted by atomic mass is 19.1. The van der Waals surface area contributed by atoms with E-state index in [1.54, 1.807) is 18.2 Å². The van der Waals surface area contributed by atoms with Gasteiger partial charge in [-0.05, 0) is 36.0 Å². The van der Waals surface area contributed by atoms with Gasteiger partial charge in [0.25, 0.3) is 0 Å². The van der Waals surface area contributed by atoms with Gasteiger partial charge in [-0.2, -0.15) is 0 Å². The van der Waals surface area contributed by atoms with Crippen LogP contribution in [-0.2, 0) is 0 Å². The van der Waals surface area contributed by atoms with Gasteiger partial charge >= 0.3 is 0 Å². The van der Waals surface area contributed by atoms with E-state index < -0.39 is 5.82 Å². The first kappa shape index (κ1) is 13.3. The summed E-state index contributed by atoms with van der Waals surface area (Å²) >= 11 is 0. The molecule has 0 spiro atoms. The molecule has 2 heteroatoms. The zero-order chi connectivity index (χ0) is 13.9. The van der Waals surface area contributed by atoms with Crippen molar-refractivity contribution in [3.63, 3.8) is 0 Å². The first-order chi connectivity index (χ1) is 9.77. The monoisotopic (exact) mass is 272 g/mol. The van der Waals surface area contributed by atoms with Gasteiger partial charge in [-0.15, -0.1) is 0 Å². The van der Waals surface area contributed by atoms with Crippen LogP contribution in [0.2, 0.25) is 0 Å². The highest BCUT2D eigenvalue weighted by Gasteiger charge is 2.22. The van der Waals surface area contributed by atoms with Crippen LogP contribution < -0.4 is 0 Å². The summed E-state index contributed by atoms with van der Waals surface area (Å²) in [5.74, 6) is -0.608. The highest BCUT2D eigenvalue weighted by molar-refractivity contribution is 5.66. The standard InChI is InChI=1S/C18H18F2/c19-16-12-11-15(13-7-3-1-4-8-13)18(20)17(16)14-9-5-2-6-10-14/h2,5-6,9-13H,1,3-4,7-8H2. The molecule has 0 heterocycles. The SMILES string of the molecule is Fc1ccc(C2CCCCC2)c(F)c1-c1ccccc1. The molecule has 20 heavy (non-hydrogen) atoms. The number of benzene rings is 2. The summed E-state index contributed by atoms with van der Waals surface area (Å²) in [6, 6.07) is 12.0. The van der Waals surface area contributed by atoms with Crippen molar-refractivity contribution in [1.82, 2.24) is 0 Å². The Morgan fingerprint density at radius 3 is 2.20 bits per heavy atom. The second-order valence-corrected chi connectivity index (χ2v) is 5.53. The van der Waals surface area contributed by atoms with E-state index in [0.29, 0.717) is 11.1 Å². The number of hydrogen-bond donors (Lipinski definition) is 0. The predicted molar refractivity (Wildman–Crippen MR) is 77.6 cm³/mol. The van der Waals surface area contributed by atoms with Crippen LogP contribution >= 0.6 is 0 Å². The largest absolute Gasteiger partial charge is 0.206 e. The maximum Gasteiger partial charge on any atom is 0.137 e. The normalized spacial score (nSPS) is 16.3. The van der Waals surface area contributed by atoms with Gasteiger partial charge in [0.2, 0.25) is 0 Å². The maximum atomic E-state index is 14.8. The molecule has 1 aliphatic rings. The summed E-state index contributed by atoms with van der Waals surface area (Å²) in [6.45, 7) is 0. The van der Waals surface area contributed by atoms with Crippen LogP contribution in [0.1, 0.15) is 43.6 Å². The highest BCUT2D eigenvalue weighted by Crippen LogP contribution is 2.37. The van der Waals surface area contributed by atoms with E-state index in [-0.39, 0.29) is 17.3 Å². The van der Waals surface area contributed by atoms with Gasteiger partial charge in [-0.1, -0.05) is 55.7 Å². The van der Waals surface area contributed by atoms with E-state index in [1.165, 1.54) is 12.5 Å². The Morgan fingerprint density at radius 2 is 1.50 bits per heavy atom. The van der Waals surface area contributed by atoms with Crippen molar-refractivity contribution < 1.29 is 8.78 Å². The average Bonchev–Trinajstić information content (AvgIpc) is 2.49. The molecular weight excluding hydrogens is 254 g/mol. The molecular formula is C18H18F2. The van der Waals surface area contributed by atoms with Crippen molar-refractivity contribution >= 4 is 0 Å². The Bertz CT molecular complexity index is 584. The molecule has 0 radical (unpaired) electrons. The Balaban J connectivity index is 2.06. The van der Waals surface area contributed by atoms with Crippen LogP contribution in [-0.4, -0.2) is 0 Å². The molecule has 0 aliphatic heterocycles. The van der Waals surface area contributed by atoms with Gasteiger partial charge in [0, 0.05) is 0 Å².